The molecular weight excluding hydrogens is 154 g/mol. The molecule has 0 heterocycles. The molecule has 0 aromatic carbocycles. The minimum atomic E-state index is -0.418. The average molecular weight is 171 g/mol. The van der Waals surface area contributed by atoms with Gasteiger partial charge in [0.05, 0.1) is 5.70 Å². The third-order valence-electron chi connectivity index (χ3n) is 1.50. The van der Waals surface area contributed by atoms with Gasteiger partial charge in [0.25, 0.3) is 5.91 Å². The zero-order valence-electron chi connectivity index (χ0n) is 7.85. The minimum absolute atomic E-state index is 0.145. The predicted octanol–water partition coefficient (Wildman–Crippen LogP) is -0.427. The summed E-state index contributed by atoms with van der Waals surface area (Å²) in [6.07, 6.45) is 1.77. The van der Waals surface area contributed by atoms with Crippen molar-refractivity contribution in [1.82, 2.24) is 10.6 Å². The normalized spacial score (nSPS) is 14.1. The van der Waals surface area contributed by atoms with E-state index in [1.54, 1.807) is 6.08 Å². The van der Waals surface area contributed by atoms with Gasteiger partial charge in [-0.2, -0.15) is 0 Å². The number of rotatable bonds is 5. The predicted molar refractivity (Wildman–Crippen MR) is 49.5 cm³/mol. The minimum Gasteiger partial charge on any atom is -0.381 e. The lowest BCUT2D eigenvalue weighted by atomic mass is 10.2. The quantitative estimate of drug-likeness (QED) is 0.492. The van der Waals surface area contributed by atoms with E-state index in [1.165, 1.54) is 0 Å². The standard InChI is InChI=1S/C8H17N3O/c1-4-11-7(8(9)12)5-6(2)10-3/h5-6,10-11H,4H2,1-3H3,(H2,9,12)/b7-5-. The summed E-state index contributed by atoms with van der Waals surface area (Å²) in [5.74, 6) is -0.418. The van der Waals surface area contributed by atoms with E-state index < -0.39 is 5.91 Å². The third kappa shape index (κ3) is 3.98. The first-order valence-corrected chi connectivity index (χ1v) is 4.04. The molecule has 4 N–H and O–H groups in total. The number of nitrogens with two attached hydrogens (primary N) is 1. The lowest BCUT2D eigenvalue weighted by Crippen LogP contribution is -2.29. The number of carbonyl (C=O) groups is 1. The van der Waals surface area contributed by atoms with Crippen molar-refractivity contribution in [1.29, 1.82) is 0 Å². The second-order valence-electron chi connectivity index (χ2n) is 2.55. The Morgan fingerprint density at radius 3 is 2.58 bits per heavy atom. The van der Waals surface area contributed by atoms with Crippen LogP contribution in [0.1, 0.15) is 13.8 Å². The van der Waals surface area contributed by atoms with Gasteiger partial charge in [0.1, 0.15) is 0 Å². The molecule has 4 nitrogen and oxygen atoms in total. The first-order chi connectivity index (χ1) is 5.61. The van der Waals surface area contributed by atoms with Crippen LogP contribution in [0.2, 0.25) is 0 Å². The molecule has 1 unspecified atom stereocenters. The molecule has 0 aliphatic heterocycles. The summed E-state index contributed by atoms with van der Waals surface area (Å²) in [7, 11) is 1.83. The maximum atomic E-state index is 10.8. The Balaban J connectivity index is 4.27. The highest BCUT2D eigenvalue weighted by Crippen LogP contribution is 1.91. The number of carbonyl (C=O) groups excluding carboxylic acids is 1. The fourth-order valence-electron chi connectivity index (χ4n) is 0.752. The molecule has 0 saturated carbocycles. The van der Waals surface area contributed by atoms with Gasteiger partial charge in [-0.3, -0.25) is 4.79 Å². The van der Waals surface area contributed by atoms with E-state index >= 15 is 0 Å². The van der Waals surface area contributed by atoms with Crippen LogP contribution in [-0.2, 0) is 4.79 Å². The van der Waals surface area contributed by atoms with Crippen LogP contribution in [-0.4, -0.2) is 25.5 Å². The van der Waals surface area contributed by atoms with Gasteiger partial charge in [-0.1, -0.05) is 0 Å². The maximum Gasteiger partial charge on any atom is 0.264 e. The van der Waals surface area contributed by atoms with Crippen molar-refractivity contribution in [2.45, 2.75) is 19.9 Å². The summed E-state index contributed by atoms with van der Waals surface area (Å²) in [5, 5.41) is 5.88. The van der Waals surface area contributed by atoms with Crippen molar-refractivity contribution >= 4 is 5.91 Å². The molecule has 1 amide bonds. The fraction of sp³-hybridized carbons (Fsp3) is 0.625. The highest BCUT2D eigenvalue weighted by Gasteiger charge is 2.03. The van der Waals surface area contributed by atoms with E-state index in [1.807, 2.05) is 20.9 Å². The Labute approximate surface area is 73.2 Å². The Bertz CT molecular complexity index is 177. The fourth-order valence-corrected chi connectivity index (χ4v) is 0.752. The molecule has 0 aliphatic carbocycles. The molecule has 0 radical (unpaired) electrons. The molecule has 0 saturated heterocycles. The number of nitrogens with one attached hydrogen (secondary N) is 2. The van der Waals surface area contributed by atoms with Crippen molar-refractivity contribution in [2.75, 3.05) is 13.6 Å². The number of likely N-dealkylation sites (N-methyl/N-ethyl adjacent to an activating group) is 2. The summed E-state index contributed by atoms with van der Waals surface area (Å²) in [5.41, 5.74) is 5.60. The van der Waals surface area contributed by atoms with Gasteiger partial charge in [-0.25, -0.2) is 0 Å². The van der Waals surface area contributed by atoms with Crippen LogP contribution in [0.25, 0.3) is 0 Å². The lowest BCUT2D eigenvalue weighted by Gasteiger charge is -2.08. The summed E-state index contributed by atoms with van der Waals surface area (Å²) < 4.78 is 0. The molecule has 0 bridgehead atoms. The third-order valence-corrected chi connectivity index (χ3v) is 1.50. The molecule has 12 heavy (non-hydrogen) atoms. The molecular formula is C8H17N3O. The Kier molecular flexibility index (Phi) is 5.12. The summed E-state index contributed by atoms with van der Waals surface area (Å²) in [4.78, 5) is 10.8. The van der Waals surface area contributed by atoms with E-state index in [4.69, 9.17) is 5.73 Å². The summed E-state index contributed by atoms with van der Waals surface area (Å²) >= 11 is 0. The molecule has 0 spiro atoms. The number of hydrogen-bond acceptors (Lipinski definition) is 3. The Hall–Kier alpha value is -1.03. The first kappa shape index (κ1) is 11.0. The van der Waals surface area contributed by atoms with Crippen LogP contribution in [0.4, 0.5) is 0 Å². The molecule has 70 valence electrons. The zero-order chi connectivity index (χ0) is 9.56. The monoisotopic (exact) mass is 171 g/mol. The molecule has 0 aromatic rings. The highest BCUT2D eigenvalue weighted by atomic mass is 16.1. The Morgan fingerprint density at radius 1 is 1.67 bits per heavy atom. The van der Waals surface area contributed by atoms with Crippen LogP contribution < -0.4 is 16.4 Å². The molecule has 0 rings (SSSR count). The number of primary amides is 1. The van der Waals surface area contributed by atoms with E-state index in [2.05, 4.69) is 10.6 Å². The smallest absolute Gasteiger partial charge is 0.264 e. The van der Waals surface area contributed by atoms with Crippen molar-refractivity contribution < 1.29 is 4.79 Å². The summed E-state index contributed by atoms with van der Waals surface area (Å²) in [6.45, 7) is 4.56. The zero-order valence-corrected chi connectivity index (χ0v) is 7.85. The number of amides is 1. The van der Waals surface area contributed by atoms with Crippen LogP contribution in [0.3, 0.4) is 0 Å². The molecule has 0 aromatic heterocycles. The first-order valence-electron chi connectivity index (χ1n) is 4.04. The van der Waals surface area contributed by atoms with Crippen molar-refractivity contribution in [3.05, 3.63) is 11.8 Å². The van der Waals surface area contributed by atoms with Crippen LogP contribution >= 0.6 is 0 Å². The van der Waals surface area contributed by atoms with E-state index in [0.717, 1.165) is 0 Å². The number of hydrogen-bond donors (Lipinski definition) is 3. The second kappa shape index (κ2) is 5.60. The van der Waals surface area contributed by atoms with Gasteiger partial charge >= 0.3 is 0 Å². The van der Waals surface area contributed by atoms with Gasteiger partial charge in [-0.15, -0.1) is 0 Å². The lowest BCUT2D eigenvalue weighted by molar-refractivity contribution is -0.114. The Morgan fingerprint density at radius 2 is 2.25 bits per heavy atom. The van der Waals surface area contributed by atoms with Gasteiger partial charge in [0.2, 0.25) is 0 Å². The van der Waals surface area contributed by atoms with Gasteiger partial charge in [0.15, 0.2) is 0 Å². The van der Waals surface area contributed by atoms with Crippen molar-refractivity contribution in [3.8, 4) is 0 Å². The van der Waals surface area contributed by atoms with Gasteiger partial charge in [-0.05, 0) is 27.0 Å². The molecule has 1 atom stereocenters. The van der Waals surface area contributed by atoms with Gasteiger partial charge < -0.3 is 16.4 Å². The van der Waals surface area contributed by atoms with Crippen LogP contribution in [0.15, 0.2) is 11.8 Å². The molecule has 4 heteroatoms. The topological polar surface area (TPSA) is 67.2 Å². The van der Waals surface area contributed by atoms with Crippen molar-refractivity contribution in [2.24, 2.45) is 5.73 Å². The maximum absolute atomic E-state index is 10.8. The van der Waals surface area contributed by atoms with Gasteiger partial charge in [0, 0.05) is 12.6 Å². The SMILES string of the molecule is CCN/C(=C\C(C)NC)C(N)=O. The van der Waals surface area contributed by atoms with E-state index in [0.29, 0.717) is 12.2 Å². The second-order valence-corrected chi connectivity index (χ2v) is 2.55. The highest BCUT2D eigenvalue weighted by molar-refractivity contribution is 5.91. The molecule has 0 fully saturated rings. The van der Waals surface area contributed by atoms with Crippen molar-refractivity contribution in [3.63, 3.8) is 0 Å². The summed E-state index contributed by atoms with van der Waals surface area (Å²) in [6, 6.07) is 0.145. The van der Waals surface area contributed by atoms with E-state index in [-0.39, 0.29) is 6.04 Å². The molecule has 0 aliphatic rings. The van der Waals surface area contributed by atoms with E-state index in [9.17, 15) is 4.79 Å². The van der Waals surface area contributed by atoms with Crippen LogP contribution in [0.5, 0.6) is 0 Å². The average Bonchev–Trinajstić information content (AvgIpc) is 2.03. The largest absolute Gasteiger partial charge is 0.381 e. The van der Waals surface area contributed by atoms with Crippen LogP contribution in [0, 0.1) is 0 Å².